The fourth-order valence-electron chi connectivity index (χ4n) is 2.75. The summed E-state index contributed by atoms with van der Waals surface area (Å²) in [6.45, 7) is 0.551. The third-order valence-electron chi connectivity index (χ3n) is 4.18. The van der Waals surface area contributed by atoms with E-state index >= 15 is 0 Å². The summed E-state index contributed by atoms with van der Waals surface area (Å²) in [5.41, 5.74) is 2.26. The second kappa shape index (κ2) is 8.03. The summed E-state index contributed by atoms with van der Waals surface area (Å²) in [6, 6.07) is 16.4. The second-order valence-electron chi connectivity index (χ2n) is 6.20. The van der Waals surface area contributed by atoms with Gasteiger partial charge in [0.25, 0.3) is 0 Å². The topological polar surface area (TPSA) is 37.3 Å². The minimum Gasteiger partial charge on any atom is -0.378 e. The van der Waals surface area contributed by atoms with Gasteiger partial charge in [-0.2, -0.15) is 0 Å². The number of hydrogen-bond acceptors (Lipinski definition) is 3. The van der Waals surface area contributed by atoms with Crippen LogP contribution in [0.4, 0.5) is 5.69 Å². The standard InChI is InChI=1S/C20H23N3OS/c1-22(2)17-9-7-16(8-10-17)15-21-20(24)14-18(19-6-5-13-25-19)23-11-3-4-12-23/h3-13,18H,14-15H2,1-2H3,(H,21,24)/t18-/m1/s1. The molecular weight excluding hydrogens is 330 g/mol. The summed E-state index contributed by atoms with van der Waals surface area (Å²) >= 11 is 1.68. The van der Waals surface area contributed by atoms with Gasteiger partial charge in [0, 0.05) is 43.6 Å². The largest absolute Gasteiger partial charge is 0.378 e. The molecule has 0 aliphatic rings. The SMILES string of the molecule is CN(C)c1ccc(CNC(=O)C[C@H](c2cccs2)n2cccc2)cc1. The molecule has 0 radical (unpaired) electrons. The van der Waals surface area contributed by atoms with E-state index in [1.54, 1.807) is 11.3 Å². The number of hydrogen-bond donors (Lipinski definition) is 1. The molecule has 0 fully saturated rings. The Bertz CT molecular complexity index is 743. The van der Waals surface area contributed by atoms with Crippen LogP contribution < -0.4 is 10.2 Å². The third kappa shape index (κ3) is 4.51. The monoisotopic (exact) mass is 353 g/mol. The molecule has 1 amide bonds. The summed E-state index contributed by atoms with van der Waals surface area (Å²) in [7, 11) is 4.03. The molecule has 1 atom stereocenters. The maximum atomic E-state index is 12.5. The van der Waals surface area contributed by atoms with E-state index in [1.165, 1.54) is 4.88 Å². The van der Waals surface area contributed by atoms with E-state index in [2.05, 4.69) is 50.5 Å². The van der Waals surface area contributed by atoms with Crippen LogP contribution in [0.1, 0.15) is 22.9 Å². The fourth-order valence-corrected chi connectivity index (χ4v) is 3.58. The van der Waals surface area contributed by atoms with E-state index in [-0.39, 0.29) is 11.9 Å². The maximum Gasteiger partial charge on any atom is 0.222 e. The smallest absolute Gasteiger partial charge is 0.222 e. The van der Waals surface area contributed by atoms with E-state index < -0.39 is 0 Å². The molecule has 0 aliphatic carbocycles. The van der Waals surface area contributed by atoms with E-state index in [0.717, 1.165) is 11.3 Å². The Morgan fingerprint density at radius 3 is 2.44 bits per heavy atom. The molecule has 4 nitrogen and oxygen atoms in total. The number of thiophene rings is 1. The number of carbonyl (C=O) groups excluding carboxylic acids is 1. The number of amides is 1. The molecule has 0 unspecified atom stereocenters. The summed E-state index contributed by atoms with van der Waals surface area (Å²) in [5, 5.41) is 5.09. The van der Waals surface area contributed by atoms with E-state index in [0.29, 0.717) is 13.0 Å². The van der Waals surface area contributed by atoms with Crippen LogP contribution in [-0.4, -0.2) is 24.6 Å². The molecule has 3 aromatic rings. The first kappa shape index (κ1) is 17.3. The van der Waals surface area contributed by atoms with E-state index in [4.69, 9.17) is 0 Å². The van der Waals surface area contributed by atoms with Crippen molar-refractivity contribution in [3.63, 3.8) is 0 Å². The molecule has 0 spiro atoms. The van der Waals surface area contributed by atoms with Crippen molar-refractivity contribution in [3.05, 3.63) is 76.7 Å². The van der Waals surface area contributed by atoms with Gasteiger partial charge in [-0.25, -0.2) is 0 Å². The van der Waals surface area contributed by atoms with Gasteiger partial charge in [-0.1, -0.05) is 18.2 Å². The minimum atomic E-state index is 0.0473. The lowest BCUT2D eigenvalue weighted by molar-refractivity contribution is -0.121. The zero-order valence-corrected chi connectivity index (χ0v) is 15.4. The van der Waals surface area contributed by atoms with Crippen LogP contribution in [-0.2, 0) is 11.3 Å². The molecule has 1 N–H and O–H groups in total. The molecule has 0 aliphatic heterocycles. The molecule has 0 saturated heterocycles. The minimum absolute atomic E-state index is 0.0473. The van der Waals surface area contributed by atoms with Gasteiger partial charge >= 0.3 is 0 Å². The molecule has 25 heavy (non-hydrogen) atoms. The van der Waals surface area contributed by atoms with Crippen molar-refractivity contribution in [2.45, 2.75) is 19.0 Å². The van der Waals surface area contributed by atoms with Crippen molar-refractivity contribution in [2.24, 2.45) is 0 Å². The van der Waals surface area contributed by atoms with Gasteiger partial charge in [0.1, 0.15) is 0 Å². The lowest BCUT2D eigenvalue weighted by atomic mass is 10.1. The van der Waals surface area contributed by atoms with Gasteiger partial charge in [-0.3, -0.25) is 4.79 Å². The van der Waals surface area contributed by atoms with Gasteiger partial charge in [0.05, 0.1) is 12.5 Å². The highest BCUT2D eigenvalue weighted by molar-refractivity contribution is 7.10. The van der Waals surface area contributed by atoms with Gasteiger partial charge in [0.15, 0.2) is 0 Å². The predicted octanol–water partition coefficient (Wildman–Crippen LogP) is 3.91. The first-order valence-electron chi connectivity index (χ1n) is 8.32. The Hall–Kier alpha value is -2.53. The molecule has 0 bridgehead atoms. The van der Waals surface area contributed by atoms with Gasteiger partial charge in [-0.15, -0.1) is 11.3 Å². The molecule has 1 aromatic carbocycles. The normalized spacial score (nSPS) is 11.9. The molecule has 2 heterocycles. The Kier molecular flexibility index (Phi) is 5.56. The molecule has 2 aromatic heterocycles. The number of anilines is 1. The maximum absolute atomic E-state index is 12.5. The molecular formula is C20H23N3OS. The highest BCUT2D eigenvalue weighted by Gasteiger charge is 2.18. The van der Waals surface area contributed by atoms with Crippen LogP contribution >= 0.6 is 11.3 Å². The zero-order valence-electron chi connectivity index (χ0n) is 14.6. The van der Waals surface area contributed by atoms with Crippen molar-refractivity contribution in [1.82, 2.24) is 9.88 Å². The van der Waals surface area contributed by atoms with Crippen molar-refractivity contribution in [2.75, 3.05) is 19.0 Å². The van der Waals surface area contributed by atoms with Gasteiger partial charge in [-0.05, 0) is 41.3 Å². The molecule has 130 valence electrons. The Labute approximate surface area is 152 Å². The lowest BCUT2D eigenvalue weighted by Crippen LogP contribution is -2.26. The quantitative estimate of drug-likeness (QED) is 0.699. The number of aromatic nitrogens is 1. The fraction of sp³-hybridized carbons (Fsp3) is 0.250. The van der Waals surface area contributed by atoms with Gasteiger partial charge < -0.3 is 14.8 Å². The van der Waals surface area contributed by atoms with Crippen LogP contribution in [0.5, 0.6) is 0 Å². The van der Waals surface area contributed by atoms with Crippen molar-refractivity contribution in [1.29, 1.82) is 0 Å². The Balaban J connectivity index is 1.60. The summed E-state index contributed by atoms with van der Waals surface area (Å²) in [4.78, 5) is 15.7. The number of carbonyl (C=O) groups is 1. The molecule has 3 rings (SSSR count). The van der Waals surface area contributed by atoms with Gasteiger partial charge in [0.2, 0.25) is 5.91 Å². The predicted molar refractivity (Wildman–Crippen MR) is 104 cm³/mol. The lowest BCUT2D eigenvalue weighted by Gasteiger charge is -2.18. The summed E-state index contributed by atoms with van der Waals surface area (Å²) in [5.74, 6) is 0.0591. The highest BCUT2D eigenvalue weighted by atomic mass is 32.1. The first-order chi connectivity index (χ1) is 12.1. The summed E-state index contributed by atoms with van der Waals surface area (Å²) in [6.07, 6.45) is 4.46. The average molecular weight is 353 g/mol. The molecule has 0 saturated carbocycles. The van der Waals surface area contributed by atoms with Crippen LogP contribution in [0.15, 0.2) is 66.3 Å². The molecule has 5 heteroatoms. The van der Waals surface area contributed by atoms with Crippen LogP contribution in [0, 0.1) is 0 Å². The third-order valence-corrected chi connectivity index (χ3v) is 5.15. The van der Waals surface area contributed by atoms with Crippen molar-refractivity contribution >= 4 is 22.9 Å². The van der Waals surface area contributed by atoms with Crippen molar-refractivity contribution in [3.8, 4) is 0 Å². The number of rotatable bonds is 7. The summed E-state index contributed by atoms with van der Waals surface area (Å²) < 4.78 is 2.09. The highest BCUT2D eigenvalue weighted by Crippen LogP contribution is 2.26. The van der Waals surface area contributed by atoms with Crippen molar-refractivity contribution < 1.29 is 4.79 Å². The average Bonchev–Trinajstić information content (AvgIpc) is 3.32. The number of benzene rings is 1. The van der Waals surface area contributed by atoms with E-state index in [1.807, 2.05) is 44.7 Å². The van der Waals surface area contributed by atoms with Crippen LogP contribution in [0.2, 0.25) is 0 Å². The second-order valence-corrected chi connectivity index (χ2v) is 7.18. The number of nitrogens with one attached hydrogen (secondary N) is 1. The van der Waals surface area contributed by atoms with Crippen LogP contribution in [0.25, 0.3) is 0 Å². The zero-order chi connectivity index (χ0) is 17.6. The Morgan fingerprint density at radius 1 is 1.12 bits per heavy atom. The van der Waals surface area contributed by atoms with Crippen LogP contribution in [0.3, 0.4) is 0 Å². The first-order valence-corrected chi connectivity index (χ1v) is 9.20. The number of nitrogens with zero attached hydrogens (tertiary/aromatic N) is 2. The Morgan fingerprint density at radius 2 is 1.84 bits per heavy atom. The van der Waals surface area contributed by atoms with E-state index in [9.17, 15) is 4.79 Å².